The molecule has 0 aromatic carbocycles. The Hall–Kier alpha value is -0.860. The van der Waals surface area contributed by atoms with Crippen molar-refractivity contribution in [1.29, 1.82) is 0 Å². The van der Waals surface area contributed by atoms with E-state index in [-0.39, 0.29) is 0 Å². The Morgan fingerprint density at radius 3 is 2.29 bits per heavy atom. The fraction of sp³-hybridized carbons (Fsp3) is 0.727. The highest BCUT2D eigenvalue weighted by Crippen LogP contribution is 2.18. The summed E-state index contributed by atoms with van der Waals surface area (Å²) in [6, 6.07) is 6.79. The van der Waals surface area contributed by atoms with Crippen LogP contribution in [0.3, 0.4) is 0 Å². The summed E-state index contributed by atoms with van der Waals surface area (Å²) < 4.78 is 10.8. The molecule has 0 aromatic heterocycles. The van der Waals surface area contributed by atoms with Gasteiger partial charge in [0.05, 0.1) is 25.9 Å². The minimum absolute atomic E-state index is 0.385. The minimum atomic E-state index is 0.385. The Labute approximate surface area is 148 Å². The van der Waals surface area contributed by atoms with E-state index < -0.39 is 0 Å². The summed E-state index contributed by atoms with van der Waals surface area (Å²) in [4.78, 5) is 0. The third-order valence-corrected chi connectivity index (χ3v) is 4.98. The lowest BCUT2D eigenvalue weighted by atomic mass is 9.94. The van der Waals surface area contributed by atoms with Crippen LogP contribution in [0.4, 0.5) is 0 Å². The molecular formula is C22H36O2. The molecule has 1 saturated heterocycles. The summed E-state index contributed by atoms with van der Waals surface area (Å²) in [5, 5.41) is 3.04. The molecule has 1 aliphatic heterocycles. The van der Waals surface area contributed by atoms with Crippen molar-refractivity contribution in [1.82, 2.24) is 0 Å². The average molecular weight is 333 g/mol. The molecule has 3 rings (SSSR count). The molecule has 2 aliphatic carbocycles. The lowest BCUT2D eigenvalue weighted by Crippen LogP contribution is -2.28. The quantitative estimate of drug-likeness (QED) is 0.513. The zero-order chi connectivity index (χ0) is 17.0. The van der Waals surface area contributed by atoms with Gasteiger partial charge in [0.15, 0.2) is 0 Å². The summed E-state index contributed by atoms with van der Waals surface area (Å²) in [5.41, 5.74) is 1.61. The van der Waals surface area contributed by atoms with E-state index in [1.807, 2.05) is 0 Å². The standard InChI is InChI=1S/C13H18.C9H18O2/c1-2-3-4-5-6-7-11-10-12-8-9-13(11)12;1-2-3-4-5-9-8-10-6-7-11-9/h8-10H,2-7H2,1H3;9H,2-8H2,1H3. The average Bonchev–Trinajstić information content (AvgIpc) is 2.60. The fourth-order valence-electron chi connectivity index (χ4n) is 3.32. The number of unbranched alkanes of at least 4 members (excludes halogenated alkanes) is 6. The van der Waals surface area contributed by atoms with Gasteiger partial charge in [0.1, 0.15) is 0 Å². The molecule has 0 spiro atoms. The maximum absolute atomic E-state index is 5.50. The van der Waals surface area contributed by atoms with E-state index in [2.05, 4.69) is 32.0 Å². The van der Waals surface area contributed by atoms with E-state index in [4.69, 9.17) is 9.47 Å². The SMILES string of the molecule is CCCCCC1COCCO1.CCCCCCCc1cc2ccc1=2. The van der Waals surface area contributed by atoms with Crippen LogP contribution in [-0.2, 0) is 15.9 Å². The first-order valence-electron chi connectivity index (χ1n) is 10.2. The molecule has 1 atom stereocenters. The molecule has 2 nitrogen and oxygen atoms in total. The maximum atomic E-state index is 5.50. The first-order valence-corrected chi connectivity index (χ1v) is 10.2. The Bertz CT molecular complexity index is 531. The third kappa shape index (κ3) is 6.57. The van der Waals surface area contributed by atoms with Gasteiger partial charge in [0.2, 0.25) is 0 Å². The number of rotatable bonds is 10. The largest absolute Gasteiger partial charge is 0.376 e. The van der Waals surface area contributed by atoms with Gasteiger partial charge in [-0.2, -0.15) is 0 Å². The Balaban J connectivity index is 0.000000177. The van der Waals surface area contributed by atoms with E-state index in [0.717, 1.165) is 19.8 Å². The molecular weight excluding hydrogens is 296 g/mol. The monoisotopic (exact) mass is 332 g/mol. The van der Waals surface area contributed by atoms with Crippen LogP contribution in [-0.4, -0.2) is 25.9 Å². The number of ether oxygens (including phenoxy) is 2. The molecule has 0 saturated carbocycles. The van der Waals surface area contributed by atoms with Crippen LogP contribution in [0, 0.1) is 10.4 Å². The summed E-state index contributed by atoms with van der Waals surface area (Å²) >= 11 is 0. The van der Waals surface area contributed by atoms with Gasteiger partial charge in [-0.05, 0) is 35.3 Å². The zero-order valence-corrected chi connectivity index (χ0v) is 15.8. The summed E-state index contributed by atoms with van der Waals surface area (Å²) in [6.45, 7) is 6.87. The summed E-state index contributed by atoms with van der Waals surface area (Å²) in [5.74, 6) is 0. The van der Waals surface area contributed by atoms with Gasteiger partial charge in [-0.25, -0.2) is 0 Å². The third-order valence-electron chi connectivity index (χ3n) is 4.98. The molecule has 1 unspecified atom stereocenters. The Morgan fingerprint density at radius 2 is 1.71 bits per heavy atom. The lowest BCUT2D eigenvalue weighted by molar-refractivity contribution is -0.0912. The van der Waals surface area contributed by atoms with Crippen LogP contribution in [0.1, 0.15) is 77.2 Å². The van der Waals surface area contributed by atoms with E-state index in [1.54, 1.807) is 10.8 Å². The molecule has 0 amide bonds. The van der Waals surface area contributed by atoms with Crippen molar-refractivity contribution >= 4 is 0 Å². The van der Waals surface area contributed by atoms with Gasteiger partial charge < -0.3 is 9.47 Å². The topological polar surface area (TPSA) is 18.5 Å². The van der Waals surface area contributed by atoms with Gasteiger partial charge >= 0.3 is 0 Å². The molecule has 0 radical (unpaired) electrons. The van der Waals surface area contributed by atoms with Crippen molar-refractivity contribution in [3.63, 3.8) is 0 Å². The number of benzene rings is 1. The fourth-order valence-corrected chi connectivity index (χ4v) is 3.32. The number of hydrogen-bond donors (Lipinski definition) is 0. The molecule has 3 aliphatic rings. The van der Waals surface area contributed by atoms with E-state index in [1.165, 1.54) is 69.4 Å². The normalized spacial score (nSPS) is 18.0. The second-order valence-electron chi connectivity index (χ2n) is 7.10. The predicted molar refractivity (Wildman–Crippen MR) is 101 cm³/mol. The minimum Gasteiger partial charge on any atom is -0.376 e. The van der Waals surface area contributed by atoms with E-state index in [0.29, 0.717) is 6.10 Å². The van der Waals surface area contributed by atoms with E-state index >= 15 is 0 Å². The van der Waals surface area contributed by atoms with Crippen LogP contribution in [0.5, 0.6) is 0 Å². The van der Waals surface area contributed by atoms with Gasteiger partial charge in [-0.3, -0.25) is 0 Å². The van der Waals surface area contributed by atoms with Crippen molar-refractivity contribution in [2.75, 3.05) is 19.8 Å². The lowest BCUT2D eigenvalue weighted by Gasteiger charge is -2.22. The van der Waals surface area contributed by atoms with Gasteiger partial charge in [-0.15, -0.1) is 0 Å². The molecule has 0 bridgehead atoms. The predicted octanol–water partition coefficient (Wildman–Crippen LogP) is 5.78. The second kappa shape index (κ2) is 11.7. The Morgan fingerprint density at radius 1 is 0.917 bits per heavy atom. The molecule has 1 fully saturated rings. The molecule has 2 heteroatoms. The van der Waals surface area contributed by atoms with E-state index in [9.17, 15) is 0 Å². The van der Waals surface area contributed by atoms with Gasteiger partial charge in [0.25, 0.3) is 0 Å². The van der Waals surface area contributed by atoms with Crippen molar-refractivity contribution in [2.45, 2.75) is 84.2 Å². The van der Waals surface area contributed by atoms with Crippen LogP contribution in [0.2, 0.25) is 0 Å². The molecule has 136 valence electrons. The van der Waals surface area contributed by atoms with Crippen LogP contribution in [0.25, 0.3) is 0 Å². The van der Waals surface area contributed by atoms with Crippen molar-refractivity contribution in [3.05, 3.63) is 34.2 Å². The molecule has 0 aromatic rings. The zero-order valence-electron chi connectivity index (χ0n) is 15.8. The summed E-state index contributed by atoms with van der Waals surface area (Å²) in [7, 11) is 0. The number of hydrogen-bond acceptors (Lipinski definition) is 2. The van der Waals surface area contributed by atoms with Crippen molar-refractivity contribution < 1.29 is 9.47 Å². The first-order chi connectivity index (χ1) is 11.8. The molecule has 0 N–H and O–H groups in total. The first kappa shape index (κ1) is 19.5. The van der Waals surface area contributed by atoms with Crippen LogP contribution >= 0.6 is 0 Å². The highest BCUT2D eigenvalue weighted by molar-refractivity contribution is 5.33. The van der Waals surface area contributed by atoms with Gasteiger partial charge in [-0.1, -0.05) is 77.0 Å². The highest BCUT2D eigenvalue weighted by atomic mass is 16.6. The van der Waals surface area contributed by atoms with Crippen LogP contribution < -0.4 is 0 Å². The van der Waals surface area contributed by atoms with Crippen LogP contribution in [0.15, 0.2) is 18.2 Å². The smallest absolute Gasteiger partial charge is 0.0809 e. The maximum Gasteiger partial charge on any atom is 0.0809 e. The molecule has 1 heterocycles. The Kier molecular flexibility index (Phi) is 9.45. The van der Waals surface area contributed by atoms with Crippen molar-refractivity contribution in [2.24, 2.45) is 0 Å². The second-order valence-corrected chi connectivity index (χ2v) is 7.10. The highest BCUT2D eigenvalue weighted by Gasteiger charge is 2.12. The summed E-state index contributed by atoms with van der Waals surface area (Å²) in [6.07, 6.45) is 13.7. The van der Waals surface area contributed by atoms with Gasteiger partial charge in [0, 0.05) is 0 Å². The number of aryl methyl sites for hydroxylation is 1. The van der Waals surface area contributed by atoms with Crippen molar-refractivity contribution in [3.8, 4) is 0 Å². The molecule has 24 heavy (non-hydrogen) atoms.